The number of benzene rings is 1. The predicted octanol–water partition coefficient (Wildman–Crippen LogP) is 3.29. The summed E-state index contributed by atoms with van der Waals surface area (Å²) in [5.41, 5.74) is 4.84. The lowest BCUT2D eigenvalue weighted by Crippen LogP contribution is -2.40. The quantitative estimate of drug-likeness (QED) is 0.744. The van der Waals surface area contributed by atoms with Gasteiger partial charge in [0.25, 0.3) is 0 Å². The van der Waals surface area contributed by atoms with Crippen LogP contribution in [0.4, 0.5) is 20.2 Å². The van der Waals surface area contributed by atoms with E-state index in [4.69, 9.17) is 5.73 Å². The highest BCUT2D eigenvalue weighted by Crippen LogP contribution is 2.34. The molecule has 1 aliphatic carbocycles. The van der Waals surface area contributed by atoms with E-state index >= 15 is 0 Å². The molecule has 0 aromatic heterocycles. The van der Waals surface area contributed by atoms with Gasteiger partial charge in [0.2, 0.25) is 0 Å². The number of nitrogens with two attached hydrogens (primary N) is 1. The molecule has 20 heavy (non-hydrogen) atoms. The zero-order valence-electron chi connectivity index (χ0n) is 11.8. The molecular weight excluding hydrogens is 262 g/mol. The van der Waals surface area contributed by atoms with Crippen molar-refractivity contribution in [2.45, 2.75) is 44.6 Å². The summed E-state index contributed by atoms with van der Waals surface area (Å²) in [6, 6.07) is 1.90. The number of anilines is 2. The molecule has 4 N–H and O–H groups in total. The van der Waals surface area contributed by atoms with E-state index in [2.05, 4.69) is 12.2 Å². The highest BCUT2D eigenvalue weighted by atomic mass is 19.1. The van der Waals surface area contributed by atoms with Gasteiger partial charge in [0, 0.05) is 12.6 Å². The summed E-state index contributed by atoms with van der Waals surface area (Å²) in [6.07, 6.45) is 4.52. The zero-order valence-corrected chi connectivity index (χ0v) is 11.8. The first-order valence-electron chi connectivity index (χ1n) is 7.14. The van der Waals surface area contributed by atoms with Crippen molar-refractivity contribution in [3.63, 3.8) is 0 Å². The standard InChI is InChI=1S/C15H22F2N2O/c1-2-10-3-5-15(20,6-4-10)9-19-13-8-11(16)7-12(17)14(13)18/h7-8,10,19-20H,2-6,9,18H2,1H3. The van der Waals surface area contributed by atoms with Gasteiger partial charge in [-0.2, -0.15) is 0 Å². The third kappa shape index (κ3) is 3.39. The molecule has 0 amide bonds. The van der Waals surface area contributed by atoms with Crippen LogP contribution in [0.25, 0.3) is 0 Å². The minimum absolute atomic E-state index is 0.114. The van der Waals surface area contributed by atoms with Crippen molar-refractivity contribution in [3.05, 3.63) is 23.8 Å². The number of halogens is 2. The number of nitrogen functional groups attached to an aromatic ring is 1. The summed E-state index contributed by atoms with van der Waals surface area (Å²) >= 11 is 0. The number of hydrogen-bond acceptors (Lipinski definition) is 3. The summed E-state index contributed by atoms with van der Waals surface area (Å²) in [7, 11) is 0. The second-order valence-corrected chi connectivity index (χ2v) is 5.78. The van der Waals surface area contributed by atoms with Gasteiger partial charge in [-0.05, 0) is 37.7 Å². The molecule has 0 aliphatic heterocycles. The Kier molecular flexibility index (Phi) is 4.48. The molecule has 0 unspecified atom stereocenters. The molecular formula is C15H22F2N2O. The number of hydrogen-bond donors (Lipinski definition) is 3. The van der Waals surface area contributed by atoms with Gasteiger partial charge in [0.05, 0.1) is 17.0 Å². The Hall–Kier alpha value is -1.36. The number of rotatable bonds is 4. The molecule has 1 fully saturated rings. The van der Waals surface area contributed by atoms with Crippen LogP contribution < -0.4 is 11.1 Å². The largest absolute Gasteiger partial charge is 0.395 e. The van der Waals surface area contributed by atoms with Gasteiger partial charge in [0.1, 0.15) is 5.82 Å². The van der Waals surface area contributed by atoms with Crippen molar-refractivity contribution in [2.75, 3.05) is 17.6 Å². The summed E-state index contributed by atoms with van der Waals surface area (Å²) in [6.45, 7) is 2.42. The van der Waals surface area contributed by atoms with E-state index in [1.807, 2.05) is 0 Å². The Morgan fingerprint density at radius 2 is 2.00 bits per heavy atom. The summed E-state index contributed by atoms with van der Waals surface area (Å²) < 4.78 is 26.5. The molecule has 1 aromatic carbocycles. The SMILES string of the molecule is CCC1CCC(O)(CNc2cc(F)cc(F)c2N)CC1. The van der Waals surface area contributed by atoms with E-state index in [-0.39, 0.29) is 17.9 Å². The third-order valence-electron chi connectivity index (χ3n) is 4.32. The highest BCUT2D eigenvalue weighted by Gasteiger charge is 2.32. The first-order valence-corrected chi connectivity index (χ1v) is 7.14. The molecule has 0 heterocycles. The third-order valence-corrected chi connectivity index (χ3v) is 4.32. The lowest BCUT2D eigenvalue weighted by molar-refractivity contribution is 0.00230. The topological polar surface area (TPSA) is 58.3 Å². The highest BCUT2D eigenvalue weighted by molar-refractivity contribution is 5.66. The van der Waals surface area contributed by atoms with Crippen LogP contribution in [0, 0.1) is 17.6 Å². The Labute approximate surface area is 118 Å². The van der Waals surface area contributed by atoms with E-state index < -0.39 is 17.2 Å². The molecule has 0 saturated heterocycles. The maximum absolute atomic E-state index is 13.3. The van der Waals surface area contributed by atoms with Gasteiger partial charge in [-0.3, -0.25) is 0 Å². The minimum Gasteiger partial charge on any atom is -0.395 e. The average Bonchev–Trinajstić information content (AvgIpc) is 2.42. The van der Waals surface area contributed by atoms with Crippen LogP contribution in [0.3, 0.4) is 0 Å². The zero-order chi connectivity index (χ0) is 14.8. The Balaban J connectivity index is 1.99. The summed E-state index contributed by atoms with van der Waals surface area (Å²) in [4.78, 5) is 0. The Bertz CT molecular complexity index is 471. The maximum atomic E-state index is 13.3. The normalized spacial score (nSPS) is 26.5. The Morgan fingerprint density at radius 3 is 2.60 bits per heavy atom. The van der Waals surface area contributed by atoms with Crippen LogP contribution in [0.15, 0.2) is 12.1 Å². The molecule has 2 rings (SSSR count). The van der Waals surface area contributed by atoms with Gasteiger partial charge in [-0.25, -0.2) is 8.78 Å². The molecule has 1 aliphatic rings. The van der Waals surface area contributed by atoms with Gasteiger partial charge < -0.3 is 16.2 Å². The van der Waals surface area contributed by atoms with Crippen molar-refractivity contribution < 1.29 is 13.9 Å². The van der Waals surface area contributed by atoms with Crippen LogP contribution in [0.1, 0.15) is 39.0 Å². The molecule has 0 spiro atoms. The van der Waals surface area contributed by atoms with Crippen LogP contribution in [-0.4, -0.2) is 17.3 Å². The molecule has 1 saturated carbocycles. The molecule has 3 nitrogen and oxygen atoms in total. The lowest BCUT2D eigenvalue weighted by Gasteiger charge is -2.36. The summed E-state index contributed by atoms with van der Waals surface area (Å²) in [5, 5.41) is 13.4. The summed E-state index contributed by atoms with van der Waals surface area (Å²) in [5.74, 6) is -0.790. The fraction of sp³-hybridized carbons (Fsp3) is 0.600. The second kappa shape index (κ2) is 5.95. The molecule has 0 radical (unpaired) electrons. The van der Waals surface area contributed by atoms with Gasteiger partial charge in [-0.15, -0.1) is 0 Å². The van der Waals surface area contributed by atoms with Crippen molar-refractivity contribution in [1.82, 2.24) is 0 Å². The molecule has 0 atom stereocenters. The molecule has 0 bridgehead atoms. The molecule has 1 aromatic rings. The smallest absolute Gasteiger partial charge is 0.151 e. The van der Waals surface area contributed by atoms with Crippen molar-refractivity contribution >= 4 is 11.4 Å². The van der Waals surface area contributed by atoms with Crippen LogP contribution in [-0.2, 0) is 0 Å². The van der Waals surface area contributed by atoms with E-state index in [0.29, 0.717) is 18.8 Å². The maximum Gasteiger partial charge on any atom is 0.151 e. The monoisotopic (exact) mass is 284 g/mol. The van der Waals surface area contributed by atoms with Crippen LogP contribution in [0.5, 0.6) is 0 Å². The van der Waals surface area contributed by atoms with Crippen molar-refractivity contribution in [2.24, 2.45) is 5.92 Å². The van der Waals surface area contributed by atoms with E-state index in [1.54, 1.807) is 0 Å². The number of aliphatic hydroxyl groups is 1. The predicted molar refractivity (Wildman–Crippen MR) is 76.5 cm³/mol. The second-order valence-electron chi connectivity index (χ2n) is 5.78. The van der Waals surface area contributed by atoms with Gasteiger partial charge >= 0.3 is 0 Å². The van der Waals surface area contributed by atoms with Gasteiger partial charge in [-0.1, -0.05) is 13.3 Å². The van der Waals surface area contributed by atoms with Crippen molar-refractivity contribution in [3.8, 4) is 0 Å². The van der Waals surface area contributed by atoms with E-state index in [0.717, 1.165) is 31.4 Å². The first kappa shape index (κ1) is 15.0. The van der Waals surface area contributed by atoms with E-state index in [9.17, 15) is 13.9 Å². The number of nitrogens with one attached hydrogen (secondary N) is 1. The van der Waals surface area contributed by atoms with Crippen LogP contribution in [0.2, 0.25) is 0 Å². The first-order chi connectivity index (χ1) is 9.43. The van der Waals surface area contributed by atoms with E-state index in [1.165, 1.54) is 0 Å². The Morgan fingerprint density at radius 1 is 1.35 bits per heavy atom. The average molecular weight is 284 g/mol. The fourth-order valence-corrected chi connectivity index (χ4v) is 2.79. The van der Waals surface area contributed by atoms with Crippen LogP contribution >= 0.6 is 0 Å². The molecule has 5 heteroatoms. The van der Waals surface area contributed by atoms with Crippen molar-refractivity contribution in [1.29, 1.82) is 0 Å². The fourth-order valence-electron chi connectivity index (χ4n) is 2.79. The molecule has 112 valence electrons. The van der Waals surface area contributed by atoms with Gasteiger partial charge in [0.15, 0.2) is 5.82 Å². The lowest BCUT2D eigenvalue weighted by atomic mass is 9.78. The minimum atomic E-state index is -0.819.